The molecule has 1 aliphatic carbocycles. The third kappa shape index (κ3) is 3.81. The Labute approximate surface area is 198 Å². The summed E-state index contributed by atoms with van der Waals surface area (Å²) in [4.78, 5) is 53.9. The second kappa shape index (κ2) is 8.56. The Bertz CT molecular complexity index is 1200. The molecule has 3 aliphatic rings. The molecule has 0 unspecified atom stereocenters. The van der Waals surface area contributed by atoms with Crippen LogP contribution in [-0.2, 0) is 19.2 Å². The summed E-state index contributed by atoms with van der Waals surface area (Å²) in [5, 5.41) is 0. The lowest BCUT2D eigenvalue weighted by Gasteiger charge is -2.22. The van der Waals surface area contributed by atoms with Gasteiger partial charge in [-0.15, -0.1) is 0 Å². The lowest BCUT2D eigenvalue weighted by molar-refractivity contribution is -0.139. The van der Waals surface area contributed by atoms with Crippen molar-refractivity contribution in [2.24, 2.45) is 23.7 Å². The summed E-state index contributed by atoms with van der Waals surface area (Å²) in [7, 11) is 0. The molecule has 7 heteroatoms. The number of benzene rings is 2. The zero-order chi connectivity index (χ0) is 24.0. The second-order valence-electron chi connectivity index (χ2n) is 9.33. The molecule has 0 N–H and O–H groups in total. The first-order valence-corrected chi connectivity index (χ1v) is 11.6. The number of hydrogen-bond acceptors (Lipinski definition) is 5. The van der Waals surface area contributed by atoms with Crippen LogP contribution < -0.4 is 14.5 Å². The molecule has 2 saturated heterocycles. The van der Waals surface area contributed by atoms with Crippen molar-refractivity contribution in [1.29, 1.82) is 0 Å². The van der Waals surface area contributed by atoms with Gasteiger partial charge in [0, 0.05) is 18.7 Å². The number of imide groups is 1. The van der Waals surface area contributed by atoms with Crippen molar-refractivity contribution in [1.82, 2.24) is 0 Å². The number of anilines is 2. The van der Waals surface area contributed by atoms with Crippen LogP contribution in [0.15, 0.2) is 60.7 Å². The fourth-order valence-electron chi connectivity index (χ4n) is 5.18. The molecule has 2 heterocycles. The van der Waals surface area contributed by atoms with E-state index in [1.165, 1.54) is 4.90 Å². The van der Waals surface area contributed by atoms with Crippen molar-refractivity contribution in [2.45, 2.75) is 26.7 Å². The van der Waals surface area contributed by atoms with Gasteiger partial charge >= 0.3 is 5.97 Å². The average Bonchev–Trinajstić information content (AvgIpc) is 3.33. The van der Waals surface area contributed by atoms with Gasteiger partial charge in [0.05, 0.1) is 23.4 Å². The minimum absolute atomic E-state index is 0.0221. The van der Waals surface area contributed by atoms with Crippen molar-refractivity contribution in [2.75, 3.05) is 16.3 Å². The Morgan fingerprint density at radius 3 is 2.47 bits per heavy atom. The van der Waals surface area contributed by atoms with E-state index in [4.69, 9.17) is 4.74 Å². The molecular formula is C27H26N2O5. The molecule has 0 radical (unpaired) electrons. The number of allylic oxidation sites excluding steroid dienone is 2. The van der Waals surface area contributed by atoms with E-state index in [9.17, 15) is 19.2 Å². The summed E-state index contributed by atoms with van der Waals surface area (Å²) in [5.74, 6) is -1.83. The number of rotatable bonds is 4. The maximum atomic E-state index is 12.9. The van der Waals surface area contributed by atoms with Gasteiger partial charge in [-0.1, -0.05) is 31.2 Å². The van der Waals surface area contributed by atoms with Gasteiger partial charge in [0.25, 0.3) is 0 Å². The highest BCUT2D eigenvalue weighted by molar-refractivity contribution is 6.22. The zero-order valence-corrected chi connectivity index (χ0v) is 19.1. The monoisotopic (exact) mass is 458 g/mol. The number of amides is 3. The molecule has 2 fully saturated rings. The molecule has 2 aromatic carbocycles. The van der Waals surface area contributed by atoms with E-state index in [2.05, 4.69) is 0 Å². The Morgan fingerprint density at radius 1 is 1.00 bits per heavy atom. The molecule has 4 atom stereocenters. The van der Waals surface area contributed by atoms with E-state index in [1.54, 1.807) is 29.2 Å². The maximum absolute atomic E-state index is 12.9. The zero-order valence-electron chi connectivity index (χ0n) is 19.1. The first-order valence-electron chi connectivity index (χ1n) is 11.6. The summed E-state index contributed by atoms with van der Waals surface area (Å²) in [6.07, 6.45) is 4.63. The number of aryl methyl sites for hydroxylation is 1. The van der Waals surface area contributed by atoms with Gasteiger partial charge in [0.15, 0.2) is 0 Å². The van der Waals surface area contributed by atoms with Crippen molar-refractivity contribution in [3.05, 3.63) is 66.2 Å². The minimum atomic E-state index is -0.563. The van der Waals surface area contributed by atoms with Crippen molar-refractivity contribution in [3.8, 4) is 5.75 Å². The van der Waals surface area contributed by atoms with Gasteiger partial charge in [0.2, 0.25) is 17.7 Å². The molecule has 7 nitrogen and oxygen atoms in total. The molecular weight excluding hydrogens is 432 g/mol. The predicted molar refractivity (Wildman–Crippen MR) is 126 cm³/mol. The highest BCUT2D eigenvalue weighted by atomic mass is 16.5. The molecule has 3 amide bonds. The van der Waals surface area contributed by atoms with Crippen LogP contribution in [0.5, 0.6) is 5.75 Å². The highest BCUT2D eigenvalue weighted by Crippen LogP contribution is 2.40. The molecule has 174 valence electrons. The largest absolute Gasteiger partial charge is 0.426 e. The predicted octanol–water partition coefficient (Wildman–Crippen LogP) is 3.66. The number of nitrogens with zero attached hydrogens (tertiary/aromatic N) is 2. The van der Waals surface area contributed by atoms with Crippen LogP contribution in [0.25, 0.3) is 0 Å². The maximum Gasteiger partial charge on any atom is 0.316 e. The van der Waals surface area contributed by atoms with Crippen LogP contribution in [0.1, 0.15) is 25.3 Å². The molecule has 2 aliphatic heterocycles. The second-order valence-corrected chi connectivity index (χ2v) is 9.33. The summed E-state index contributed by atoms with van der Waals surface area (Å²) >= 11 is 0. The normalized spacial score (nSPS) is 26.2. The van der Waals surface area contributed by atoms with E-state index in [0.29, 0.717) is 17.9 Å². The summed E-state index contributed by atoms with van der Waals surface area (Å²) in [6.45, 7) is 4.18. The standard InChI is InChI=1S/C27H26N2O5/c1-16-5-3-7-20(13-16)28-15-18(14-23(28)30)27(33)34-21-11-9-19(10-12-21)29-25(31)22-8-4-6-17(2)24(22)26(29)32/h3-7,9-13,17-18,22,24H,8,14-15H2,1-2H3/t17-,18-,22-,24-/m1/s1. The number of fused-ring (bicyclic) bond motifs is 1. The van der Waals surface area contributed by atoms with Gasteiger partial charge in [-0.2, -0.15) is 0 Å². The van der Waals surface area contributed by atoms with Crippen LogP contribution >= 0.6 is 0 Å². The lowest BCUT2D eigenvalue weighted by atomic mass is 9.78. The van der Waals surface area contributed by atoms with E-state index in [0.717, 1.165) is 11.3 Å². The highest BCUT2D eigenvalue weighted by Gasteiger charge is 2.50. The number of esters is 1. The summed E-state index contributed by atoms with van der Waals surface area (Å²) in [5.41, 5.74) is 2.28. The van der Waals surface area contributed by atoms with Gasteiger partial charge in [-0.05, 0) is 61.2 Å². The van der Waals surface area contributed by atoms with Crippen LogP contribution in [-0.4, -0.2) is 30.2 Å². The molecule has 0 aromatic heterocycles. The Kier molecular flexibility index (Phi) is 5.55. The fourth-order valence-corrected chi connectivity index (χ4v) is 5.18. The van der Waals surface area contributed by atoms with Gasteiger partial charge < -0.3 is 9.64 Å². The van der Waals surface area contributed by atoms with Gasteiger partial charge in [-0.3, -0.25) is 24.1 Å². The molecule has 0 bridgehead atoms. The first kappa shape index (κ1) is 22.1. The minimum Gasteiger partial charge on any atom is -0.426 e. The number of carbonyl (C=O) groups is 4. The third-order valence-corrected chi connectivity index (χ3v) is 6.96. The Balaban J connectivity index is 1.25. The third-order valence-electron chi connectivity index (χ3n) is 6.96. The molecule has 5 rings (SSSR count). The van der Waals surface area contributed by atoms with E-state index in [1.807, 2.05) is 50.3 Å². The van der Waals surface area contributed by atoms with Crippen LogP contribution in [0.2, 0.25) is 0 Å². The molecule has 0 saturated carbocycles. The van der Waals surface area contributed by atoms with Crippen molar-refractivity contribution >= 4 is 35.1 Å². The topological polar surface area (TPSA) is 84.0 Å². The average molecular weight is 459 g/mol. The quantitative estimate of drug-likeness (QED) is 0.302. The summed E-state index contributed by atoms with van der Waals surface area (Å²) < 4.78 is 5.52. The van der Waals surface area contributed by atoms with Crippen LogP contribution in [0.4, 0.5) is 11.4 Å². The van der Waals surface area contributed by atoms with Crippen LogP contribution in [0, 0.1) is 30.6 Å². The van der Waals surface area contributed by atoms with E-state index < -0.39 is 11.9 Å². The number of ether oxygens (including phenoxy) is 1. The van der Waals surface area contributed by atoms with Crippen LogP contribution in [0.3, 0.4) is 0 Å². The SMILES string of the molecule is Cc1cccc(N2C[C@H](C(=O)Oc3ccc(N4C(=O)[C@@H]5[C@H](C)C=CC[C@H]5C4=O)cc3)CC2=O)c1. The molecule has 2 aromatic rings. The van der Waals surface area contributed by atoms with E-state index in [-0.39, 0.29) is 48.4 Å². The molecule has 0 spiro atoms. The first-order chi connectivity index (χ1) is 16.3. The van der Waals surface area contributed by atoms with Gasteiger partial charge in [0.1, 0.15) is 5.75 Å². The van der Waals surface area contributed by atoms with Crippen molar-refractivity contribution < 1.29 is 23.9 Å². The Hall–Kier alpha value is -3.74. The van der Waals surface area contributed by atoms with E-state index >= 15 is 0 Å². The number of hydrogen-bond donors (Lipinski definition) is 0. The number of carbonyl (C=O) groups excluding carboxylic acids is 4. The smallest absolute Gasteiger partial charge is 0.316 e. The Morgan fingerprint density at radius 2 is 1.76 bits per heavy atom. The van der Waals surface area contributed by atoms with Gasteiger partial charge in [-0.25, -0.2) is 0 Å². The van der Waals surface area contributed by atoms with Crippen molar-refractivity contribution in [3.63, 3.8) is 0 Å². The summed E-state index contributed by atoms with van der Waals surface area (Å²) in [6, 6.07) is 14.0. The lowest BCUT2D eigenvalue weighted by Crippen LogP contribution is -2.31. The fraction of sp³-hybridized carbons (Fsp3) is 0.333. The molecule has 34 heavy (non-hydrogen) atoms.